The number of hydrogen-bond donors (Lipinski definition) is 2. The van der Waals surface area contributed by atoms with Gasteiger partial charge in [0.2, 0.25) is 0 Å². The van der Waals surface area contributed by atoms with E-state index in [1.54, 1.807) is 12.4 Å². The number of benzene rings is 2. The summed E-state index contributed by atoms with van der Waals surface area (Å²) in [7, 11) is 0. The normalized spacial score (nSPS) is 11.3. The molecule has 2 aromatic heterocycles. The minimum absolute atomic E-state index is 0.825. The summed E-state index contributed by atoms with van der Waals surface area (Å²) in [4.78, 5) is 13.0. The Morgan fingerprint density at radius 1 is 1.10 bits per heavy atom. The van der Waals surface area contributed by atoms with E-state index >= 15 is 0 Å². The molecule has 0 aliphatic carbocycles. The van der Waals surface area contributed by atoms with Crippen LogP contribution in [0.5, 0.6) is 0 Å². The molecule has 3 nitrogen and oxygen atoms in total. The van der Waals surface area contributed by atoms with Crippen LogP contribution in [0.1, 0.15) is 5.56 Å². The molecule has 4 rings (SSSR count). The van der Waals surface area contributed by atoms with Crippen molar-refractivity contribution >= 4 is 34.4 Å². The number of thiol groups is 1. The number of hydrogen-bond acceptors (Lipinski definition) is 3. The van der Waals surface area contributed by atoms with Crippen LogP contribution < -0.4 is 0 Å². The van der Waals surface area contributed by atoms with Gasteiger partial charge in [0.05, 0.1) is 11.7 Å². The van der Waals surface area contributed by atoms with Gasteiger partial charge in [-0.15, -0.1) is 12.6 Å². The molecule has 2 aromatic carbocycles. The van der Waals surface area contributed by atoms with E-state index in [0.29, 0.717) is 0 Å². The van der Waals surface area contributed by atoms with Crippen molar-refractivity contribution in [1.29, 1.82) is 0 Å². The highest BCUT2D eigenvalue weighted by atomic mass is 32.1. The standard InChI is InChI=1S/C17H13N3S/c1-10-2-4-12-11(8-10)3-5-13(16(12)21)17-19-14-6-7-18-9-15(14)20-17/h2-9,21H,1H3,(H,19,20). The van der Waals surface area contributed by atoms with Gasteiger partial charge < -0.3 is 4.98 Å². The van der Waals surface area contributed by atoms with Gasteiger partial charge in [0.25, 0.3) is 0 Å². The third-order valence-corrected chi connectivity index (χ3v) is 4.17. The molecule has 21 heavy (non-hydrogen) atoms. The van der Waals surface area contributed by atoms with Gasteiger partial charge in [0.15, 0.2) is 0 Å². The molecule has 4 heteroatoms. The minimum Gasteiger partial charge on any atom is -0.338 e. The van der Waals surface area contributed by atoms with Crippen molar-refractivity contribution in [2.45, 2.75) is 11.8 Å². The van der Waals surface area contributed by atoms with Gasteiger partial charge in [-0.1, -0.05) is 29.8 Å². The molecule has 102 valence electrons. The van der Waals surface area contributed by atoms with Crippen molar-refractivity contribution < 1.29 is 0 Å². The van der Waals surface area contributed by atoms with Crippen LogP contribution in [0.2, 0.25) is 0 Å². The Morgan fingerprint density at radius 2 is 2.00 bits per heavy atom. The van der Waals surface area contributed by atoms with Crippen LogP contribution in [0, 0.1) is 6.92 Å². The monoisotopic (exact) mass is 291 g/mol. The molecule has 0 spiro atoms. The van der Waals surface area contributed by atoms with E-state index in [1.165, 1.54) is 10.9 Å². The first kappa shape index (κ1) is 12.4. The summed E-state index contributed by atoms with van der Waals surface area (Å²) >= 11 is 4.72. The second-order valence-corrected chi connectivity index (χ2v) is 5.61. The van der Waals surface area contributed by atoms with Crippen LogP contribution in [-0.4, -0.2) is 15.0 Å². The van der Waals surface area contributed by atoms with Crippen LogP contribution in [0.4, 0.5) is 0 Å². The van der Waals surface area contributed by atoms with Gasteiger partial charge in [0, 0.05) is 16.7 Å². The molecule has 0 aliphatic heterocycles. The summed E-state index contributed by atoms with van der Waals surface area (Å²) in [5, 5.41) is 2.33. The molecule has 1 N–H and O–H groups in total. The highest BCUT2D eigenvalue weighted by Gasteiger charge is 2.10. The third-order valence-electron chi connectivity index (χ3n) is 3.69. The Kier molecular flexibility index (Phi) is 2.72. The second kappa shape index (κ2) is 4.60. The number of H-pyrrole nitrogens is 1. The molecule has 4 aromatic rings. The molecule has 0 radical (unpaired) electrons. The van der Waals surface area contributed by atoms with E-state index in [4.69, 9.17) is 12.6 Å². The predicted molar refractivity (Wildman–Crippen MR) is 88.8 cm³/mol. The smallest absolute Gasteiger partial charge is 0.139 e. The number of nitrogens with zero attached hydrogens (tertiary/aromatic N) is 2. The third kappa shape index (κ3) is 1.99. The van der Waals surface area contributed by atoms with Crippen molar-refractivity contribution in [1.82, 2.24) is 15.0 Å². The van der Waals surface area contributed by atoms with Crippen LogP contribution in [0.3, 0.4) is 0 Å². The highest BCUT2D eigenvalue weighted by molar-refractivity contribution is 7.80. The number of fused-ring (bicyclic) bond motifs is 2. The fourth-order valence-electron chi connectivity index (χ4n) is 2.61. The van der Waals surface area contributed by atoms with Gasteiger partial charge in [-0.3, -0.25) is 4.98 Å². The predicted octanol–water partition coefficient (Wildman–Crippen LogP) is 4.38. The summed E-state index contributed by atoms with van der Waals surface area (Å²) in [6.07, 6.45) is 3.52. The molecule has 0 fully saturated rings. The van der Waals surface area contributed by atoms with Gasteiger partial charge >= 0.3 is 0 Å². The van der Waals surface area contributed by atoms with E-state index in [2.05, 4.69) is 52.2 Å². The maximum absolute atomic E-state index is 4.72. The van der Waals surface area contributed by atoms with Crippen LogP contribution in [-0.2, 0) is 0 Å². The first-order chi connectivity index (χ1) is 10.2. The van der Waals surface area contributed by atoms with Crippen molar-refractivity contribution in [2.75, 3.05) is 0 Å². The maximum Gasteiger partial charge on any atom is 0.139 e. The molecule has 0 bridgehead atoms. The largest absolute Gasteiger partial charge is 0.338 e. The van der Waals surface area contributed by atoms with Crippen LogP contribution in [0.25, 0.3) is 33.2 Å². The number of aromatic nitrogens is 3. The lowest BCUT2D eigenvalue weighted by molar-refractivity contribution is 1.30. The fourth-order valence-corrected chi connectivity index (χ4v) is 2.99. The lowest BCUT2D eigenvalue weighted by Gasteiger charge is -2.07. The molecule has 0 aliphatic rings. The summed E-state index contributed by atoms with van der Waals surface area (Å²) in [6.45, 7) is 2.10. The number of pyridine rings is 1. The Bertz CT molecular complexity index is 939. The zero-order valence-corrected chi connectivity index (χ0v) is 12.4. The minimum atomic E-state index is 0.825. The van der Waals surface area contributed by atoms with Gasteiger partial charge in [-0.2, -0.15) is 0 Å². The number of aromatic amines is 1. The summed E-state index contributed by atoms with van der Waals surface area (Å²) in [6, 6.07) is 12.5. The number of nitrogens with one attached hydrogen (secondary N) is 1. The Hall–Kier alpha value is -2.33. The topological polar surface area (TPSA) is 41.6 Å². The zero-order valence-electron chi connectivity index (χ0n) is 11.5. The average molecular weight is 291 g/mol. The van der Waals surface area contributed by atoms with Gasteiger partial charge in [-0.05, 0) is 29.8 Å². The second-order valence-electron chi connectivity index (χ2n) is 5.16. The maximum atomic E-state index is 4.72. The highest BCUT2D eigenvalue weighted by Crippen LogP contribution is 2.32. The number of aryl methyl sites for hydroxylation is 1. The molecular weight excluding hydrogens is 278 g/mol. The van der Waals surface area contributed by atoms with Crippen molar-refractivity contribution in [3.05, 3.63) is 54.4 Å². The van der Waals surface area contributed by atoms with E-state index in [0.717, 1.165) is 32.7 Å². The van der Waals surface area contributed by atoms with E-state index in [9.17, 15) is 0 Å². The molecule has 0 saturated carbocycles. The summed E-state index contributed by atoms with van der Waals surface area (Å²) in [5.41, 5.74) is 4.10. The first-order valence-electron chi connectivity index (χ1n) is 6.75. The van der Waals surface area contributed by atoms with Crippen LogP contribution >= 0.6 is 12.6 Å². The molecule has 2 heterocycles. The van der Waals surface area contributed by atoms with Gasteiger partial charge in [-0.25, -0.2) is 4.98 Å². The molecular formula is C17H13N3S. The van der Waals surface area contributed by atoms with Gasteiger partial charge in [0.1, 0.15) is 11.3 Å². The number of rotatable bonds is 1. The zero-order chi connectivity index (χ0) is 14.4. The average Bonchev–Trinajstić information content (AvgIpc) is 2.91. The molecule has 0 atom stereocenters. The summed E-state index contributed by atoms with van der Waals surface area (Å²) < 4.78 is 0. The number of imidazole rings is 1. The lowest BCUT2D eigenvalue weighted by Crippen LogP contribution is -1.85. The van der Waals surface area contributed by atoms with E-state index < -0.39 is 0 Å². The summed E-state index contributed by atoms with van der Waals surface area (Å²) in [5.74, 6) is 0.825. The Balaban J connectivity index is 1.97. The Labute approximate surface area is 127 Å². The lowest BCUT2D eigenvalue weighted by atomic mass is 10.0. The van der Waals surface area contributed by atoms with Crippen molar-refractivity contribution in [3.63, 3.8) is 0 Å². The van der Waals surface area contributed by atoms with Crippen molar-refractivity contribution in [3.8, 4) is 11.4 Å². The molecule has 0 amide bonds. The van der Waals surface area contributed by atoms with Crippen molar-refractivity contribution in [2.24, 2.45) is 0 Å². The Morgan fingerprint density at radius 3 is 2.86 bits per heavy atom. The van der Waals surface area contributed by atoms with Crippen LogP contribution in [0.15, 0.2) is 53.7 Å². The van der Waals surface area contributed by atoms with E-state index in [-0.39, 0.29) is 0 Å². The van der Waals surface area contributed by atoms with E-state index in [1.807, 2.05) is 6.07 Å². The molecule has 0 saturated heterocycles. The first-order valence-corrected chi connectivity index (χ1v) is 7.19. The molecule has 0 unspecified atom stereocenters. The SMILES string of the molecule is Cc1ccc2c(S)c(-c3nc4cnccc4[nH]3)ccc2c1. The fraction of sp³-hybridized carbons (Fsp3) is 0.0588. The quantitative estimate of drug-likeness (QED) is 0.511.